The number of non-ortho nitro benzene ring substituents is 1. The van der Waals surface area contributed by atoms with E-state index >= 15 is 0 Å². The Kier molecular flexibility index (Phi) is 4.59. The van der Waals surface area contributed by atoms with Crippen molar-refractivity contribution in [2.45, 2.75) is 26.8 Å². The van der Waals surface area contributed by atoms with Gasteiger partial charge >= 0.3 is 0 Å². The number of nitro groups is 1. The number of nitro benzene ring substituents is 1. The Balaban J connectivity index is 1.80. The Labute approximate surface area is 188 Å². The van der Waals surface area contributed by atoms with Crippen molar-refractivity contribution in [1.29, 1.82) is 0 Å². The fourth-order valence-corrected chi connectivity index (χ4v) is 4.21. The molecule has 33 heavy (non-hydrogen) atoms. The fraction of sp³-hybridized carbons (Fsp3) is 0.160. The van der Waals surface area contributed by atoms with E-state index in [1.165, 1.54) is 17.0 Å². The summed E-state index contributed by atoms with van der Waals surface area (Å²) < 4.78 is 6.00. The number of fused-ring (bicyclic) bond motifs is 2. The number of pyridine rings is 1. The molecule has 8 nitrogen and oxygen atoms in total. The van der Waals surface area contributed by atoms with E-state index in [2.05, 4.69) is 4.98 Å². The van der Waals surface area contributed by atoms with Crippen molar-refractivity contribution in [2.75, 3.05) is 4.90 Å². The first kappa shape index (κ1) is 20.6. The Morgan fingerprint density at radius 3 is 2.36 bits per heavy atom. The molecule has 5 rings (SSSR count). The van der Waals surface area contributed by atoms with Gasteiger partial charge in [0.25, 0.3) is 11.6 Å². The molecule has 2 aromatic carbocycles. The molecule has 0 radical (unpaired) electrons. The smallest absolute Gasteiger partial charge is 0.296 e. The summed E-state index contributed by atoms with van der Waals surface area (Å²) in [7, 11) is 0. The maximum atomic E-state index is 13.7. The SMILES string of the molecule is Cc1ccnc(N2C(=O)c3oc4cc(C)c(C)cc4c(=O)c3C2c2ccc([N+](=O)[O-])cc2)c1. The van der Waals surface area contributed by atoms with Crippen LogP contribution in [0.5, 0.6) is 0 Å². The van der Waals surface area contributed by atoms with Gasteiger partial charge in [0.15, 0.2) is 5.43 Å². The largest absolute Gasteiger partial charge is 0.450 e. The maximum absolute atomic E-state index is 13.7. The minimum atomic E-state index is -0.829. The highest BCUT2D eigenvalue weighted by Gasteiger charge is 2.44. The fourth-order valence-electron chi connectivity index (χ4n) is 4.21. The van der Waals surface area contributed by atoms with Gasteiger partial charge in [0.2, 0.25) is 5.76 Å². The summed E-state index contributed by atoms with van der Waals surface area (Å²) in [6.45, 7) is 5.69. The van der Waals surface area contributed by atoms with Crippen LogP contribution in [-0.4, -0.2) is 15.8 Å². The summed E-state index contributed by atoms with van der Waals surface area (Å²) in [4.78, 5) is 43.6. The predicted octanol–water partition coefficient (Wildman–Crippen LogP) is 4.77. The third kappa shape index (κ3) is 3.18. The second-order valence-corrected chi connectivity index (χ2v) is 8.22. The average molecular weight is 441 g/mol. The lowest BCUT2D eigenvalue weighted by Gasteiger charge is -2.24. The molecule has 2 aromatic heterocycles. The molecular formula is C25H19N3O5. The van der Waals surface area contributed by atoms with Crippen LogP contribution in [0, 0.1) is 30.9 Å². The van der Waals surface area contributed by atoms with Crippen molar-refractivity contribution >= 4 is 28.4 Å². The molecule has 8 heteroatoms. The van der Waals surface area contributed by atoms with E-state index in [0.717, 1.165) is 16.7 Å². The molecule has 1 atom stereocenters. The van der Waals surface area contributed by atoms with E-state index < -0.39 is 16.9 Å². The van der Waals surface area contributed by atoms with Crippen molar-refractivity contribution in [3.63, 3.8) is 0 Å². The van der Waals surface area contributed by atoms with Gasteiger partial charge in [-0.2, -0.15) is 0 Å². The van der Waals surface area contributed by atoms with Crippen molar-refractivity contribution in [3.8, 4) is 0 Å². The van der Waals surface area contributed by atoms with Crippen LogP contribution in [0.2, 0.25) is 0 Å². The average Bonchev–Trinajstić information content (AvgIpc) is 3.08. The van der Waals surface area contributed by atoms with Gasteiger partial charge in [-0.05, 0) is 79.4 Å². The number of amides is 1. The minimum absolute atomic E-state index is 0.0394. The monoisotopic (exact) mass is 441 g/mol. The third-order valence-electron chi connectivity index (χ3n) is 6.05. The Bertz CT molecular complexity index is 1520. The number of aromatic nitrogens is 1. The van der Waals surface area contributed by atoms with E-state index in [-0.39, 0.29) is 22.4 Å². The molecule has 4 aromatic rings. The molecule has 0 fully saturated rings. The minimum Gasteiger partial charge on any atom is -0.450 e. The Hall–Kier alpha value is -4.33. The van der Waals surface area contributed by atoms with Gasteiger partial charge in [0.05, 0.1) is 21.9 Å². The lowest BCUT2D eigenvalue weighted by atomic mass is 9.97. The van der Waals surface area contributed by atoms with Crippen molar-refractivity contribution in [3.05, 3.63) is 109 Å². The first-order valence-electron chi connectivity index (χ1n) is 10.3. The van der Waals surface area contributed by atoms with E-state index in [0.29, 0.717) is 22.4 Å². The second-order valence-electron chi connectivity index (χ2n) is 8.22. The molecule has 0 saturated heterocycles. The molecule has 0 bridgehead atoms. The summed E-state index contributed by atoms with van der Waals surface area (Å²) in [6, 6.07) is 12.1. The highest BCUT2D eigenvalue weighted by molar-refractivity contribution is 6.10. The lowest BCUT2D eigenvalue weighted by Crippen LogP contribution is -2.30. The zero-order valence-corrected chi connectivity index (χ0v) is 18.2. The molecule has 164 valence electrons. The van der Waals surface area contributed by atoms with Crippen LogP contribution in [0.25, 0.3) is 11.0 Å². The van der Waals surface area contributed by atoms with Crippen LogP contribution >= 0.6 is 0 Å². The van der Waals surface area contributed by atoms with Gasteiger partial charge in [-0.1, -0.05) is 0 Å². The molecule has 0 spiro atoms. The van der Waals surface area contributed by atoms with Crippen LogP contribution in [0.15, 0.2) is 63.9 Å². The Morgan fingerprint density at radius 1 is 1.00 bits per heavy atom. The standard InChI is InChI=1S/C25H19N3O5/c1-13-8-9-26-20(10-13)27-22(16-4-6-17(7-5-16)28(31)32)21-23(29)18-11-14(2)15(3)12-19(18)33-24(21)25(27)30/h4-12,22H,1-3H3. The third-order valence-corrected chi connectivity index (χ3v) is 6.05. The number of hydrogen-bond donors (Lipinski definition) is 0. The summed E-state index contributed by atoms with van der Waals surface area (Å²) in [5.41, 5.74) is 3.47. The molecule has 0 saturated carbocycles. The molecule has 1 amide bonds. The predicted molar refractivity (Wildman–Crippen MR) is 123 cm³/mol. The zero-order chi connectivity index (χ0) is 23.4. The van der Waals surface area contributed by atoms with Crippen molar-refractivity contribution in [1.82, 2.24) is 4.98 Å². The lowest BCUT2D eigenvalue weighted by molar-refractivity contribution is -0.384. The van der Waals surface area contributed by atoms with Gasteiger partial charge < -0.3 is 4.42 Å². The van der Waals surface area contributed by atoms with Crippen LogP contribution in [0.1, 0.15) is 44.4 Å². The molecule has 0 aliphatic carbocycles. The molecule has 1 unspecified atom stereocenters. The molecular weight excluding hydrogens is 422 g/mol. The quantitative estimate of drug-likeness (QED) is 0.335. The summed E-state index contributed by atoms with van der Waals surface area (Å²) in [6.07, 6.45) is 1.59. The van der Waals surface area contributed by atoms with Gasteiger partial charge in [-0.25, -0.2) is 4.98 Å². The number of carbonyl (C=O) groups is 1. The number of carbonyl (C=O) groups excluding carboxylic acids is 1. The topological polar surface area (TPSA) is 107 Å². The van der Waals surface area contributed by atoms with Crippen LogP contribution in [0.3, 0.4) is 0 Å². The highest BCUT2D eigenvalue weighted by Crippen LogP contribution is 2.41. The summed E-state index contributed by atoms with van der Waals surface area (Å²) in [5.74, 6) is -0.156. The van der Waals surface area contributed by atoms with Gasteiger partial charge in [-0.15, -0.1) is 0 Å². The molecule has 3 heterocycles. The maximum Gasteiger partial charge on any atom is 0.296 e. The van der Waals surface area contributed by atoms with Gasteiger partial charge in [-0.3, -0.25) is 24.6 Å². The van der Waals surface area contributed by atoms with Gasteiger partial charge in [0, 0.05) is 18.3 Å². The van der Waals surface area contributed by atoms with Crippen molar-refractivity contribution < 1.29 is 14.1 Å². The molecule has 0 N–H and O–H groups in total. The first-order valence-corrected chi connectivity index (χ1v) is 10.3. The second kappa shape index (κ2) is 7.37. The Morgan fingerprint density at radius 2 is 1.70 bits per heavy atom. The molecule has 1 aliphatic heterocycles. The van der Waals surface area contributed by atoms with Crippen LogP contribution in [-0.2, 0) is 0 Å². The van der Waals surface area contributed by atoms with E-state index in [9.17, 15) is 19.7 Å². The number of anilines is 1. The first-order chi connectivity index (χ1) is 15.8. The number of hydrogen-bond acceptors (Lipinski definition) is 6. The number of aryl methyl sites for hydroxylation is 3. The van der Waals surface area contributed by atoms with Crippen LogP contribution < -0.4 is 10.3 Å². The number of benzene rings is 2. The molecule has 1 aliphatic rings. The number of rotatable bonds is 3. The van der Waals surface area contributed by atoms with E-state index in [4.69, 9.17) is 4.42 Å². The zero-order valence-electron chi connectivity index (χ0n) is 18.2. The number of nitrogens with zero attached hydrogens (tertiary/aromatic N) is 3. The normalized spacial score (nSPS) is 15.2. The van der Waals surface area contributed by atoms with Crippen LogP contribution in [0.4, 0.5) is 11.5 Å². The summed E-state index contributed by atoms with van der Waals surface area (Å²) in [5, 5.41) is 11.5. The van der Waals surface area contributed by atoms with E-state index in [1.807, 2.05) is 20.8 Å². The summed E-state index contributed by atoms with van der Waals surface area (Å²) >= 11 is 0. The van der Waals surface area contributed by atoms with Gasteiger partial charge in [0.1, 0.15) is 11.4 Å². The van der Waals surface area contributed by atoms with E-state index in [1.54, 1.807) is 42.6 Å². The highest BCUT2D eigenvalue weighted by atomic mass is 16.6. The van der Waals surface area contributed by atoms with Crippen molar-refractivity contribution in [2.24, 2.45) is 0 Å².